The maximum atomic E-state index is 12.8. The average Bonchev–Trinajstić information content (AvgIpc) is 2.68. The van der Waals surface area contributed by atoms with Crippen molar-refractivity contribution in [2.24, 2.45) is 0 Å². The van der Waals surface area contributed by atoms with Crippen LogP contribution in [0.3, 0.4) is 0 Å². The number of aryl methyl sites for hydroxylation is 1. The van der Waals surface area contributed by atoms with Gasteiger partial charge in [0.05, 0.1) is 0 Å². The number of amides is 1. The number of hydrogen-bond acceptors (Lipinski definition) is 3. The van der Waals surface area contributed by atoms with Crippen molar-refractivity contribution in [1.82, 2.24) is 5.32 Å². The van der Waals surface area contributed by atoms with Gasteiger partial charge >= 0.3 is 0 Å². The van der Waals surface area contributed by atoms with E-state index in [9.17, 15) is 10.1 Å². The standard InChI is InChI=1S/C21H20BrN3O/c22-19-9-7-16(8-10-19)11-12-24-15-18(14-23)21(26)25-13-3-5-17-4-1-2-6-20(17)25/h1-2,4,6-10,15,24H,3,5,11-13H2/b18-15-. The Labute approximate surface area is 162 Å². The van der Waals surface area contributed by atoms with Gasteiger partial charge in [-0.25, -0.2) is 0 Å². The van der Waals surface area contributed by atoms with Gasteiger partial charge in [0, 0.05) is 29.4 Å². The Morgan fingerprint density at radius 3 is 2.77 bits per heavy atom. The molecule has 1 heterocycles. The van der Waals surface area contributed by atoms with Crippen LogP contribution >= 0.6 is 15.9 Å². The number of nitriles is 1. The number of para-hydroxylation sites is 1. The van der Waals surface area contributed by atoms with Gasteiger partial charge in [0.1, 0.15) is 11.6 Å². The second-order valence-corrected chi connectivity index (χ2v) is 7.11. The van der Waals surface area contributed by atoms with Crippen molar-refractivity contribution in [2.45, 2.75) is 19.3 Å². The molecule has 0 spiro atoms. The lowest BCUT2D eigenvalue weighted by Gasteiger charge is -2.29. The Morgan fingerprint density at radius 1 is 1.23 bits per heavy atom. The van der Waals surface area contributed by atoms with Crippen molar-refractivity contribution < 1.29 is 4.79 Å². The summed E-state index contributed by atoms with van der Waals surface area (Å²) in [6.07, 6.45) is 4.25. The third-order valence-electron chi connectivity index (χ3n) is 4.42. The van der Waals surface area contributed by atoms with Crippen LogP contribution in [0.15, 0.2) is 64.8 Å². The number of halogens is 1. The zero-order valence-corrected chi connectivity index (χ0v) is 16.0. The number of benzene rings is 2. The number of carbonyl (C=O) groups is 1. The van der Waals surface area contributed by atoms with E-state index in [-0.39, 0.29) is 11.5 Å². The molecule has 0 fully saturated rings. The van der Waals surface area contributed by atoms with Gasteiger partial charge in [-0.3, -0.25) is 4.79 Å². The first-order chi connectivity index (χ1) is 12.7. The van der Waals surface area contributed by atoms with Gasteiger partial charge < -0.3 is 10.2 Å². The summed E-state index contributed by atoms with van der Waals surface area (Å²) in [6.45, 7) is 1.31. The van der Waals surface area contributed by atoms with Crippen molar-refractivity contribution in [3.8, 4) is 6.07 Å². The Kier molecular flexibility index (Phi) is 6.08. The molecule has 1 amide bonds. The molecule has 2 aromatic rings. The van der Waals surface area contributed by atoms with E-state index < -0.39 is 0 Å². The summed E-state index contributed by atoms with van der Waals surface area (Å²) in [5.41, 5.74) is 3.41. The molecule has 0 bridgehead atoms. The van der Waals surface area contributed by atoms with Crippen LogP contribution in [0, 0.1) is 11.3 Å². The molecule has 1 aliphatic heterocycles. The third-order valence-corrected chi connectivity index (χ3v) is 4.95. The third kappa shape index (κ3) is 4.33. The second-order valence-electron chi connectivity index (χ2n) is 6.19. The number of nitrogens with zero attached hydrogens (tertiary/aromatic N) is 2. The molecule has 0 aliphatic carbocycles. The highest BCUT2D eigenvalue weighted by molar-refractivity contribution is 9.10. The first-order valence-electron chi connectivity index (χ1n) is 8.67. The van der Waals surface area contributed by atoms with Crippen LogP contribution in [0.1, 0.15) is 17.5 Å². The Bertz CT molecular complexity index is 852. The molecule has 0 aromatic heterocycles. The Hall–Kier alpha value is -2.58. The molecule has 1 N–H and O–H groups in total. The van der Waals surface area contributed by atoms with Crippen LogP contribution in [-0.4, -0.2) is 19.0 Å². The lowest BCUT2D eigenvalue weighted by atomic mass is 10.0. The minimum atomic E-state index is -0.240. The second kappa shape index (κ2) is 8.68. The summed E-state index contributed by atoms with van der Waals surface area (Å²) in [6, 6.07) is 18.0. The summed E-state index contributed by atoms with van der Waals surface area (Å²) in [4.78, 5) is 14.5. The van der Waals surface area contributed by atoms with E-state index in [4.69, 9.17) is 0 Å². The van der Waals surface area contributed by atoms with Crippen molar-refractivity contribution >= 4 is 27.5 Å². The van der Waals surface area contributed by atoms with Crippen LogP contribution < -0.4 is 10.2 Å². The highest BCUT2D eigenvalue weighted by Crippen LogP contribution is 2.27. The van der Waals surface area contributed by atoms with Gasteiger partial charge in [-0.05, 0) is 48.6 Å². The molecule has 0 radical (unpaired) electrons. The van der Waals surface area contributed by atoms with Crippen LogP contribution in [0.2, 0.25) is 0 Å². The molecular formula is C21H20BrN3O. The maximum Gasteiger partial charge on any atom is 0.270 e. The number of carbonyl (C=O) groups excluding carboxylic acids is 1. The minimum absolute atomic E-state index is 0.137. The monoisotopic (exact) mass is 409 g/mol. The molecule has 26 heavy (non-hydrogen) atoms. The molecule has 132 valence electrons. The molecule has 0 saturated carbocycles. The molecule has 2 aromatic carbocycles. The van der Waals surface area contributed by atoms with Crippen LogP contribution in [0.5, 0.6) is 0 Å². The molecule has 3 rings (SSSR count). The molecule has 1 aliphatic rings. The fourth-order valence-corrected chi connectivity index (χ4v) is 3.34. The summed E-state index contributed by atoms with van der Waals surface area (Å²) >= 11 is 3.42. The van der Waals surface area contributed by atoms with E-state index in [0.717, 1.165) is 35.0 Å². The van der Waals surface area contributed by atoms with E-state index in [1.165, 1.54) is 5.56 Å². The molecule has 0 unspecified atom stereocenters. The molecule has 0 saturated heterocycles. The Morgan fingerprint density at radius 2 is 2.00 bits per heavy atom. The summed E-state index contributed by atoms with van der Waals surface area (Å²) in [7, 11) is 0. The van der Waals surface area contributed by atoms with E-state index in [1.54, 1.807) is 11.1 Å². The highest BCUT2D eigenvalue weighted by Gasteiger charge is 2.24. The summed E-state index contributed by atoms with van der Waals surface area (Å²) in [5, 5.41) is 12.5. The Balaban J connectivity index is 1.63. The lowest BCUT2D eigenvalue weighted by molar-refractivity contribution is -0.114. The van der Waals surface area contributed by atoms with E-state index in [1.807, 2.05) is 42.5 Å². The molecule has 4 nitrogen and oxygen atoms in total. The fraction of sp³-hybridized carbons (Fsp3) is 0.238. The predicted octanol–water partition coefficient (Wildman–Crippen LogP) is 3.97. The van der Waals surface area contributed by atoms with Crippen molar-refractivity contribution in [1.29, 1.82) is 5.26 Å². The number of hydrogen-bond donors (Lipinski definition) is 1. The fourth-order valence-electron chi connectivity index (χ4n) is 3.07. The largest absolute Gasteiger partial charge is 0.389 e. The van der Waals surface area contributed by atoms with Crippen molar-refractivity contribution in [3.63, 3.8) is 0 Å². The predicted molar refractivity (Wildman–Crippen MR) is 107 cm³/mol. The van der Waals surface area contributed by atoms with E-state index >= 15 is 0 Å². The van der Waals surface area contributed by atoms with Gasteiger partial charge in [0.2, 0.25) is 0 Å². The van der Waals surface area contributed by atoms with Gasteiger partial charge in [0.25, 0.3) is 5.91 Å². The maximum absolute atomic E-state index is 12.8. The smallest absolute Gasteiger partial charge is 0.270 e. The van der Waals surface area contributed by atoms with Crippen LogP contribution in [0.25, 0.3) is 0 Å². The van der Waals surface area contributed by atoms with Crippen LogP contribution in [-0.2, 0) is 17.6 Å². The number of fused-ring (bicyclic) bond motifs is 1. The van der Waals surface area contributed by atoms with Crippen LogP contribution in [0.4, 0.5) is 5.69 Å². The first-order valence-corrected chi connectivity index (χ1v) is 9.46. The van der Waals surface area contributed by atoms with Crippen molar-refractivity contribution in [3.05, 3.63) is 75.9 Å². The SMILES string of the molecule is N#C/C(=C/NCCc1ccc(Br)cc1)C(=O)N1CCCc2ccccc21. The topological polar surface area (TPSA) is 56.1 Å². The zero-order valence-electron chi connectivity index (χ0n) is 14.4. The van der Waals surface area contributed by atoms with Gasteiger partial charge in [0.15, 0.2) is 0 Å². The molecule has 0 atom stereocenters. The zero-order chi connectivity index (χ0) is 18.4. The minimum Gasteiger partial charge on any atom is -0.389 e. The van der Waals surface area contributed by atoms with Gasteiger partial charge in [-0.1, -0.05) is 46.3 Å². The van der Waals surface area contributed by atoms with E-state index in [2.05, 4.69) is 33.4 Å². The highest BCUT2D eigenvalue weighted by atomic mass is 79.9. The number of anilines is 1. The van der Waals surface area contributed by atoms with E-state index in [0.29, 0.717) is 13.1 Å². The number of rotatable bonds is 5. The van der Waals surface area contributed by atoms with Crippen molar-refractivity contribution in [2.75, 3.05) is 18.0 Å². The average molecular weight is 410 g/mol. The normalized spacial score (nSPS) is 13.7. The molecule has 5 heteroatoms. The molecular weight excluding hydrogens is 390 g/mol. The summed E-state index contributed by atoms with van der Waals surface area (Å²) in [5.74, 6) is -0.240. The van der Waals surface area contributed by atoms with Gasteiger partial charge in [-0.15, -0.1) is 0 Å². The quantitative estimate of drug-likeness (QED) is 0.461. The first kappa shape index (κ1) is 18.2. The number of nitrogens with one attached hydrogen (secondary N) is 1. The lowest BCUT2D eigenvalue weighted by Crippen LogP contribution is -2.36. The summed E-state index contributed by atoms with van der Waals surface area (Å²) < 4.78 is 1.05. The van der Waals surface area contributed by atoms with Gasteiger partial charge in [-0.2, -0.15) is 5.26 Å².